The maximum Gasteiger partial charge on any atom is 0.325 e. The molecule has 1 heterocycles. The van der Waals surface area contributed by atoms with E-state index < -0.39 is 7.60 Å². The topological polar surface area (TPSA) is 128 Å². The summed E-state index contributed by atoms with van der Waals surface area (Å²) in [7, 11) is -3.95. The van der Waals surface area contributed by atoms with Gasteiger partial charge in [-0.05, 0) is 81.1 Å². The Kier molecular flexibility index (Phi) is 10.2. The Morgan fingerprint density at radius 3 is 2.58 bits per heavy atom. The number of ether oxygens (including phenoxy) is 1. The van der Waals surface area contributed by atoms with Crippen molar-refractivity contribution >= 4 is 13.3 Å². The van der Waals surface area contributed by atoms with Crippen molar-refractivity contribution in [3.8, 4) is 22.9 Å². The first kappa shape index (κ1) is 27.5. The zero-order chi connectivity index (χ0) is 26.0. The maximum absolute atomic E-state index is 11.0. The summed E-state index contributed by atoms with van der Waals surface area (Å²) in [6, 6.07) is 16.1. The number of anilines is 1. The fraction of sp³-hybridized carbons (Fsp3) is 0.370. The number of benzene rings is 2. The molecule has 1 aromatic heterocycles. The van der Waals surface area contributed by atoms with E-state index >= 15 is 0 Å². The van der Waals surface area contributed by atoms with Crippen molar-refractivity contribution in [1.82, 2.24) is 5.32 Å². The van der Waals surface area contributed by atoms with Gasteiger partial charge in [0.25, 0.3) is 0 Å². The van der Waals surface area contributed by atoms with E-state index in [0.29, 0.717) is 30.8 Å². The summed E-state index contributed by atoms with van der Waals surface area (Å²) in [4.78, 5) is 17.9. The first-order chi connectivity index (χ1) is 17.2. The Morgan fingerprint density at radius 1 is 1.08 bits per heavy atom. The molecule has 2 aromatic carbocycles. The van der Waals surface area contributed by atoms with Gasteiger partial charge in [0, 0.05) is 29.9 Å². The van der Waals surface area contributed by atoms with Crippen LogP contribution >= 0.6 is 7.60 Å². The molecule has 0 radical (unpaired) electrons. The Morgan fingerprint density at radius 2 is 1.89 bits per heavy atom. The van der Waals surface area contributed by atoms with E-state index in [4.69, 9.17) is 18.9 Å². The van der Waals surface area contributed by atoms with Crippen LogP contribution in [0.2, 0.25) is 0 Å². The quantitative estimate of drug-likeness (QED) is 0.169. The average Bonchev–Trinajstić information content (AvgIpc) is 3.36. The van der Waals surface area contributed by atoms with Gasteiger partial charge < -0.3 is 29.6 Å². The van der Waals surface area contributed by atoms with Crippen LogP contribution in [0.1, 0.15) is 43.4 Å². The normalized spacial score (nSPS) is 11.4. The van der Waals surface area contributed by atoms with Crippen LogP contribution < -0.4 is 15.4 Å². The first-order valence-electron chi connectivity index (χ1n) is 12.1. The number of nitrogens with zero attached hydrogens (tertiary/aromatic N) is 1. The predicted molar refractivity (Wildman–Crippen MR) is 141 cm³/mol. The van der Waals surface area contributed by atoms with Crippen molar-refractivity contribution in [1.29, 1.82) is 5.26 Å². The standard InChI is InChI=1S/C27H34N3O5P/c1-20(2)35-27-9-7-21(15-24(27)17-28)5-3-12-30-26-8-6-22(16-25(26)23-10-13-34-19-23)18-29-11-4-14-36(31,32)33/h6-10,13,15-16,19-20,29-30H,3-5,11-12,14,18H2,1-2H3,(H2,31,32,33). The lowest BCUT2D eigenvalue weighted by molar-refractivity contribution is 0.241. The Balaban J connectivity index is 1.57. The van der Waals surface area contributed by atoms with Gasteiger partial charge in [-0.15, -0.1) is 0 Å². The molecule has 0 saturated carbocycles. The maximum atomic E-state index is 11.0. The molecule has 0 aliphatic heterocycles. The zero-order valence-electron chi connectivity index (χ0n) is 20.7. The van der Waals surface area contributed by atoms with Crippen molar-refractivity contribution in [2.75, 3.05) is 24.6 Å². The fourth-order valence-electron chi connectivity index (χ4n) is 3.85. The van der Waals surface area contributed by atoms with Crippen molar-refractivity contribution in [2.45, 2.75) is 45.8 Å². The van der Waals surface area contributed by atoms with Gasteiger partial charge in [-0.25, -0.2) is 0 Å². The van der Waals surface area contributed by atoms with E-state index in [1.807, 2.05) is 50.2 Å². The number of nitriles is 1. The number of nitrogens with one attached hydrogen (secondary N) is 2. The van der Waals surface area contributed by atoms with Crippen LogP contribution in [-0.4, -0.2) is 35.1 Å². The summed E-state index contributed by atoms with van der Waals surface area (Å²) < 4.78 is 22.0. The highest BCUT2D eigenvalue weighted by atomic mass is 31.2. The molecule has 0 saturated heterocycles. The van der Waals surface area contributed by atoms with Gasteiger partial charge in [-0.2, -0.15) is 5.26 Å². The highest BCUT2D eigenvalue weighted by Crippen LogP contribution is 2.34. The van der Waals surface area contributed by atoms with E-state index in [0.717, 1.165) is 47.3 Å². The Bertz CT molecular complexity index is 1200. The van der Waals surface area contributed by atoms with Crippen LogP contribution in [0, 0.1) is 11.3 Å². The SMILES string of the molecule is CC(C)Oc1ccc(CCCNc2ccc(CNCCCP(=O)(O)O)cc2-c2ccoc2)cc1C#N. The highest BCUT2D eigenvalue weighted by molar-refractivity contribution is 7.51. The molecule has 3 rings (SSSR count). The van der Waals surface area contributed by atoms with Gasteiger partial charge in [-0.3, -0.25) is 4.57 Å². The largest absolute Gasteiger partial charge is 0.490 e. The minimum Gasteiger partial charge on any atom is -0.490 e. The van der Waals surface area contributed by atoms with Crippen LogP contribution in [0.4, 0.5) is 5.69 Å². The summed E-state index contributed by atoms with van der Waals surface area (Å²) in [6.45, 7) is 5.78. The Labute approximate surface area is 212 Å². The molecular weight excluding hydrogens is 477 g/mol. The third-order valence-electron chi connectivity index (χ3n) is 5.53. The fourth-order valence-corrected chi connectivity index (χ4v) is 4.42. The predicted octanol–water partition coefficient (Wildman–Crippen LogP) is 5.31. The molecule has 0 atom stereocenters. The minimum absolute atomic E-state index is 0.0200. The molecule has 4 N–H and O–H groups in total. The molecule has 9 heteroatoms. The van der Waals surface area contributed by atoms with E-state index in [-0.39, 0.29) is 12.3 Å². The van der Waals surface area contributed by atoms with Gasteiger partial charge >= 0.3 is 7.60 Å². The molecule has 0 bridgehead atoms. The summed E-state index contributed by atoms with van der Waals surface area (Å²) in [5.41, 5.74) is 5.73. The number of hydrogen-bond donors (Lipinski definition) is 4. The zero-order valence-corrected chi connectivity index (χ0v) is 21.6. The minimum atomic E-state index is -3.95. The van der Waals surface area contributed by atoms with E-state index in [1.54, 1.807) is 12.5 Å². The summed E-state index contributed by atoms with van der Waals surface area (Å²) in [5, 5.41) is 16.2. The molecule has 3 aromatic rings. The van der Waals surface area contributed by atoms with Crippen LogP contribution in [-0.2, 0) is 17.5 Å². The number of furan rings is 1. The second kappa shape index (κ2) is 13.3. The molecule has 8 nitrogen and oxygen atoms in total. The van der Waals surface area contributed by atoms with Gasteiger partial charge in [0.15, 0.2) is 0 Å². The van der Waals surface area contributed by atoms with Crippen LogP contribution in [0.3, 0.4) is 0 Å². The third-order valence-corrected chi connectivity index (χ3v) is 6.43. The lowest BCUT2D eigenvalue weighted by Crippen LogP contribution is -2.16. The van der Waals surface area contributed by atoms with E-state index in [1.165, 1.54) is 0 Å². The van der Waals surface area contributed by atoms with Crippen molar-refractivity contribution < 1.29 is 23.5 Å². The second-order valence-electron chi connectivity index (χ2n) is 8.95. The van der Waals surface area contributed by atoms with Gasteiger partial charge in [0.2, 0.25) is 0 Å². The number of rotatable bonds is 14. The second-order valence-corrected chi connectivity index (χ2v) is 10.7. The smallest absolute Gasteiger partial charge is 0.325 e. The molecule has 0 fully saturated rings. The van der Waals surface area contributed by atoms with Crippen LogP contribution in [0.5, 0.6) is 5.75 Å². The van der Waals surface area contributed by atoms with Crippen LogP contribution in [0.25, 0.3) is 11.1 Å². The monoisotopic (exact) mass is 511 g/mol. The van der Waals surface area contributed by atoms with E-state index in [2.05, 4.69) is 22.8 Å². The molecule has 36 heavy (non-hydrogen) atoms. The molecule has 0 amide bonds. The molecular formula is C27H34N3O5P. The lowest BCUT2D eigenvalue weighted by atomic mass is 10.0. The highest BCUT2D eigenvalue weighted by Gasteiger charge is 2.12. The first-order valence-corrected chi connectivity index (χ1v) is 13.9. The molecule has 192 valence electrons. The van der Waals surface area contributed by atoms with Crippen molar-refractivity contribution in [3.05, 3.63) is 71.7 Å². The molecule has 0 aliphatic carbocycles. The van der Waals surface area contributed by atoms with Crippen molar-refractivity contribution in [3.63, 3.8) is 0 Å². The summed E-state index contributed by atoms with van der Waals surface area (Å²) in [6.07, 6.45) is 5.41. The summed E-state index contributed by atoms with van der Waals surface area (Å²) in [5.74, 6) is 0.621. The van der Waals surface area contributed by atoms with Gasteiger partial charge in [-0.1, -0.05) is 12.1 Å². The molecule has 0 spiro atoms. The Hall–Kier alpha value is -3.08. The lowest BCUT2D eigenvalue weighted by Gasteiger charge is -2.14. The van der Waals surface area contributed by atoms with Crippen molar-refractivity contribution in [2.24, 2.45) is 0 Å². The average molecular weight is 512 g/mol. The number of hydrogen-bond acceptors (Lipinski definition) is 6. The molecule has 0 aliphatic rings. The molecule has 0 unspecified atom stereocenters. The van der Waals surface area contributed by atoms with E-state index in [9.17, 15) is 9.83 Å². The number of aryl methyl sites for hydroxylation is 1. The van der Waals surface area contributed by atoms with Crippen LogP contribution in [0.15, 0.2) is 59.4 Å². The summed E-state index contributed by atoms with van der Waals surface area (Å²) >= 11 is 0. The van der Waals surface area contributed by atoms with Gasteiger partial charge in [0.1, 0.15) is 11.8 Å². The third kappa shape index (κ3) is 8.85. The van der Waals surface area contributed by atoms with Gasteiger partial charge in [0.05, 0.1) is 30.4 Å².